The van der Waals surface area contributed by atoms with Crippen molar-refractivity contribution in [2.75, 3.05) is 7.11 Å². The zero-order valence-corrected chi connectivity index (χ0v) is 10.3. The highest BCUT2D eigenvalue weighted by Gasteiger charge is 2.04. The first kappa shape index (κ1) is 10.4. The smallest absolute Gasteiger partial charge is 0.118 e. The molecule has 0 saturated carbocycles. The monoisotopic (exact) mass is 239 g/mol. The molecule has 0 bridgehead atoms. The van der Waals surface area contributed by atoms with Gasteiger partial charge in [-0.1, -0.05) is 24.3 Å². The van der Waals surface area contributed by atoms with Gasteiger partial charge in [0.2, 0.25) is 0 Å². The Morgan fingerprint density at radius 1 is 1.06 bits per heavy atom. The first-order valence-corrected chi connectivity index (χ1v) is 6.23. The first-order chi connectivity index (χ1) is 8.38. The summed E-state index contributed by atoms with van der Waals surface area (Å²) in [5.41, 5.74) is 2.46. The molecule has 0 amide bonds. The van der Waals surface area contributed by atoms with Crippen molar-refractivity contribution in [1.29, 1.82) is 0 Å². The minimum Gasteiger partial charge on any atom is -0.497 e. The fraction of sp³-hybridized carbons (Fsp3) is 0.0667. The van der Waals surface area contributed by atoms with E-state index >= 15 is 0 Å². The molecule has 2 heteroatoms. The van der Waals surface area contributed by atoms with Crippen LogP contribution in [0, 0.1) is 5.38 Å². The summed E-state index contributed by atoms with van der Waals surface area (Å²) in [5, 5.41) is 4.45. The van der Waals surface area contributed by atoms with E-state index in [1.165, 1.54) is 21.2 Å². The number of rotatable bonds is 2. The van der Waals surface area contributed by atoms with Gasteiger partial charge in [0.1, 0.15) is 5.75 Å². The fourth-order valence-corrected chi connectivity index (χ4v) is 2.69. The average molecular weight is 239 g/mol. The van der Waals surface area contributed by atoms with Crippen LogP contribution >= 0.6 is 11.3 Å². The van der Waals surface area contributed by atoms with Crippen molar-refractivity contribution in [2.45, 2.75) is 0 Å². The molecule has 0 aliphatic rings. The summed E-state index contributed by atoms with van der Waals surface area (Å²) >= 11 is 1.65. The maximum Gasteiger partial charge on any atom is 0.118 e. The van der Waals surface area contributed by atoms with Crippen LogP contribution < -0.4 is 4.74 Å². The highest BCUT2D eigenvalue weighted by molar-refractivity contribution is 7.16. The zero-order valence-electron chi connectivity index (χ0n) is 9.44. The molecule has 0 spiro atoms. The lowest BCUT2D eigenvalue weighted by Crippen LogP contribution is -1.83. The quantitative estimate of drug-likeness (QED) is 0.645. The number of hydrogen-bond acceptors (Lipinski definition) is 2. The number of thiophene rings is 1. The van der Waals surface area contributed by atoms with E-state index in [2.05, 4.69) is 41.8 Å². The fourth-order valence-electron chi connectivity index (χ4n) is 1.96. The van der Waals surface area contributed by atoms with E-state index in [-0.39, 0.29) is 0 Å². The summed E-state index contributed by atoms with van der Waals surface area (Å²) in [6.07, 6.45) is 0. The first-order valence-electron chi connectivity index (χ1n) is 5.41. The van der Waals surface area contributed by atoms with Crippen LogP contribution in [0.4, 0.5) is 0 Å². The van der Waals surface area contributed by atoms with E-state index in [0.29, 0.717) is 0 Å². The van der Waals surface area contributed by atoms with E-state index in [9.17, 15) is 0 Å². The summed E-state index contributed by atoms with van der Waals surface area (Å²) in [6, 6.07) is 16.6. The van der Waals surface area contributed by atoms with Gasteiger partial charge < -0.3 is 4.74 Å². The molecule has 1 radical (unpaired) electrons. The van der Waals surface area contributed by atoms with Gasteiger partial charge in [-0.15, -0.1) is 11.3 Å². The van der Waals surface area contributed by atoms with Gasteiger partial charge in [-0.25, -0.2) is 0 Å². The molecule has 83 valence electrons. The second kappa shape index (κ2) is 4.22. The Morgan fingerprint density at radius 3 is 2.65 bits per heavy atom. The molecule has 17 heavy (non-hydrogen) atoms. The molecule has 0 unspecified atom stereocenters. The lowest BCUT2D eigenvalue weighted by atomic mass is 10.0. The third-order valence-corrected chi connectivity index (χ3v) is 3.65. The Morgan fingerprint density at radius 2 is 1.88 bits per heavy atom. The molecule has 1 heterocycles. The maximum absolute atomic E-state index is 5.17. The van der Waals surface area contributed by atoms with Gasteiger partial charge >= 0.3 is 0 Å². The molecule has 1 nitrogen and oxygen atoms in total. The van der Waals surface area contributed by atoms with Gasteiger partial charge in [-0.05, 0) is 35.4 Å². The van der Waals surface area contributed by atoms with E-state index in [0.717, 1.165) is 5.75 Å². The molecule has 0 aliphatic carbocycles. The summed E-state index contributed by atoms with van der Waals surface area (Å²) in [7, 11) is 1.68. The minimum absolute atomic E-state index is 0.887. The largest absolute Gasteiger partial charge is 0.497 e. The molecule has 0 saturated heterocycles. The maximum atomic E-state index is 5.17. The summed E-state index contributed by atoms with van der Waals surface area (Å²) in [5.74, 6) is 0.887. The highest BCUT2D eigenvalue weighted by Crippen LogP contribution is 2.32. The van der Waals surface area contributed by atoms with Crippen molar-refractivity contribution in [3.63, 3.8) is 0 Å². The standard InChI is InChI=1S/C15H11OS/c1-16-12-7-5-11(6-8-12)13-3-2-4-15-14(13)9-10-17-15/h2-9H,1H3. The SMILES string of the molecule is COc1ccc(-c2cccc3s[c]cc23)cc1. The number of ether oxygens (including phenoxy) is 1. The van der Waals surface area contributed by atoms with Crippen LogP contribution in [-0.2, 0) is 0 Å². The topological polar surface area (TPSA) is 9.23 Å². The van der Waals surface area contributed by atoms with E-state index in [4.69, 9.17) is 4.74 Å². The van der Waals surface area contributed by atoms with Crippen molar-refractivity contribution in [2.24, 2.45) is 0 Å². The van der Waals surface area contributed by atoms with Crippen molar-refractivity contribution in [3.05, 3.63) is 53.9 Å². The van der Waals surface area contributed by atoms with Crippen LogP contribution in [0.25, 0.3) is 21.2 Å². The molecule has 3 aromatic rings. The van der Waals surface area contributed by atoms with Gasteiger partial charge in [0.15, 0.2) is 0 Å². The molecule has 3 rings (SSSR count). The molecule has 0 fully saturated rings. The predicted molar refractivity (Wildman–Crippen MR) is 72.6 cm³/mol. The molecular formula is C15H11OS. The van der Waals surface area contributed by atoms with Gasteiger partial charge in [0.05, 0.1) is 7.11 Å². The van der Waals surface area contributed by atoms with Crippen molar-refractivity contribution in [3.8, 4) is 16.9 Å². The molecule has 0 aliphatic heterocycles. The molecule has 2 aromatic carbocycles. The van der Waals surface area contributed by atoms with Crippen molar-refractivity contribution >= 4 is 21.4 Å². The Bertz CT molecular complexity index is 637. The van der Waals surface area contributed by atoms with Crippen LogP contribution in [0.5, 0.6) is 5.75 Å². The van der Waals surface area contributed by atoms with Crippen LogP contribution in [0.2, 0.25) is 0 Å². The van der Waals surface area contributed by atoms with Crippen LogP contribution in [0.3, 0.4) is 0 Å². The number of hydrogen-bond donors (Lipinski definition) is 0. The summed E-state index contributed by atoms with van der Waals surface area (Å²) in [6.45, 7) is 0. The van der Waals surface area contributed by atoms with Crippen molar-refractivity contribution < 1.29 is 4.74 Å². The second-order valence-corrected chi connectivity index (χ2v) is 4.69. The van der Waals surface area contributed by atoms with Crippen LogP contribution in [-0.4, -0.2) is 7.11 Å². The van der Waals surface area contributed by atoms with Crippen LogP contribution in [0.1, 0.15) is 0 Å². The van der Waals surface area contributed by atoms with E-state index < -0.39 is 0 Å². The third-order valence-electron chi connectivity index (χ3n) is 2.84. The minimum atomic E-state index is 0.887. The summed E-state index contributed by atoms with van der Waals surface area (Å²) < 4.78 is 6.45. The zero-order chi connectivity index (χ0) is 11.7. The Labute approximate surface area is 104 Å². The predicted octanol–water partition coefficient (Wildman–Crippen LogP) is 4.38. The lowest BCUT2D eigenvalue weighted by Gasteiger charge is -2.05. The number of methoxy groups -OCH3 is 1. The lowest BCUT2D eigenvalue weighted by molar-refractivity contribution is 0.415. The van der Waals surface area contributed by atoms with E-state index in [1.807, 2.05) is 12.1 Å². The van der Waals surface area contributed by atoms with Gasteiger partial charge in [0.25, 0.3) is 0 Å². The number of benzene rings is 2. The average Bonchev–Trinajstić information content (AvgIpc) is 2.87. The van der Waals surface area contributed by atoms with E-state index in [1.54, 1.807) is 18.4 Å². The molecule has 0 atom stereocenters. The van der Waals surface area contributed by atoms with Gasteiger partial charge in [-0.3, -0.25) is 0 Å². The Balaban J connectivity index is 2.16. The highest BCUT2D eigenvalue weighted by atomic mass is 32.1. The van der Waals surface area contributed by atoms with Crippen molar-refractivity contribution in [1.82, 2.24) is 0 Å². The summed E-state index contributed by atoms with van der Waals surface area (Å²) in [4.78, 5) is 0. The van der Waals surface area contributed by atoms with Gasteiger partial charge in [0, 0.05) is 15.5 Å². The number of fused-ring (bicyclic) bond motifs is 1. The van der Waals surface area contributed by atoms with Crippen LogP contribution in [0.15, 0.2) is 48.5 Å². The molecule has 1 aromatic heterocycles. The Hall–Kier alpha value is -1.80. The van der Waals surface area contributed by atoms with Gasteiger partial charge in [-0.2, -0.15) is 0 Å². The molecular weight excluding hydrogens is 228 g/mol. The third kappa shape index (κ3) is 1.81. The second-order valence-electron chi connectivity index (χ2n) is 3.81. The molecule has 0 N–H and O–H groups in total. The normalized spacial score (nSPS) is 10.6. The Kier molecular flexibility index (Phi) is 2.57.